The van der Waals surface area contributed by atoms with Crippen molar-refractivity contribution >= 4 is 5.97 Å². The first-order valence-corrected chi connectivity index (χ1v) is 9.43. The Morgan fingerprint density at radius 1 is 1.24 bits per heavy atom. The maximum atomic E-state index is 11.6. The highest BCUT2D eigenvalue weighted by atomic mass is 16.5. The minimum atomic E-state index is -0.107. The number of carbonyl (C=O) groups excluding carboxylic acids is 1. The molecular formula is C20H30N2O3. The van der Waals surface area contributed by atoms with Crippen LogP contribution in [0.15, 0.2) is 30.3 Å². The second-order valence-corrected chi connectivity index (χ2v) is 7.14. The van der Waals surface area contributed by atoms with Gasteiger partial charge in [-0.25, -0.2) is 0 Å². The largest absolute Gasteiger partial charge is 0.469 e. The Kier molecular flexibility index (Phi) is 6.84. The summed E-state index contributed by atoms with van der Waals surface area (Å²) in [5.74, 6) is -0.107. The van der Waals surface area contributed by atoms with Crippen LogP contribution in [0, 0.1) is 0 Å². The summed E-state index contributed by atoms with van der Waals surface area (Å²) >= 11 is 0. The first-order valence-electron chi connectivity index (χ1n) is 9.43. The molecule has 2 fully saturated rings. The second kappa shape index (κ2) is 9.32. The summed E-state index contributed by atoms with van der Waals surface area (Å²) in [6.07, 6.45) is 4.02. The van der Waals surface area contributed by atoms with E-state index in [0.29, 0.717) is 12.5 Å². The monoisotopic (exact) mass is 346 g/mol. The lowest BCUT2D eigenvalue weighted by atomic mass is 10.1. The molecule has 0 aliphatic carbocycles. The van der Waals surface area contributed by atoms with Gasteiger partial charge in [0.1, 0.15) is 0 Å². The summed E-state index contributed by atoms with van der Waals surface area (Å²) in [7, 11) is 1.47. The third kappa shape index (κ3) is 5.53. The molecule has 0 aromatic heterocycles. The topological polar surface area (TPSA) is 42.0 Å². The Balaban J connectivity index is 1.54. The Morgan fingerprint density at radius 2 is 2.08 bits per heavy atom. The first kappa shape index (κ1) is 18.4. The van der Waals surface area contributed by atoms with Crippen molar-refractivity contribution in [1.29, 1.82) is 0 Å². The van der Waals surface area contributed by atoms with E-state index in [1.807, 2.05) is 0 Å². The van der Waals surface area contributed by atoms with Gasteiger partial charge >= 0.3 is 5.97 Å². The lowest BCUT2D eigenvalue weighted by Crippen LogP contribution is -2.42. The van der Waals surface area contributed by atoms with Crippen LogP contribution in [0.3, 0.4) is 0 Å². The Morgan fingerprint density at radius 3 is 2.88 bits per heavy atom. The van der Waals surface area contributed by atoms with Gasteiger partial charge in [-0.15, -0.1) is 0 Å². The quantitative estimate of drug-likeness (QED) is 0.740. The highest BCUT2D eigenvalue weighted by Crippen LogP contribution is 2.22. The van der Waals surface area contributed by atoms with Crippen LogP contribution in [0.4, 0.5) is 0 Å². The fourth-order valence-electron chi connectivity index (χ4n) is 3.97. The summed E-state index contributed by atoms with van der Waals surface area (Å²) in [5, 5.41) is 0. The maximum absolute atomic E-state index is 11.6. The Bertz CT molecular complexity index is 537. The molecule has 0 N–H and O–H groups in total. The maximum Gasteiger partial charge on any atom is 0.307 e. The van der Waals surface area contributed by atoms with E-state index in [2.05, 4.69) is 40.1 Å². The lowest BCUT2D eigenvalue weighted by molar-refractivity contribution is -0.142. The van der Waals surface area contributed by atoms with Crippen LogP contribution in [0.2, 0.25) is 0 Å². The van der Waals surface area contributed by atoms with Gasteiger partial charge in [-0.3, -0.25) is 14.6 Å². The van der Waals surface area contributed by atoms with Gasteiger partial charge in [-0.1, -0.05) is 30.3 Å². The number of ether oxygens (including phenoxy) is 2. The van der Waals surface area contributed by atoms with Crippen LogP contribution in [0.25, 0.3) is 0 Å². The van der Waals surface area contributed by atoms with Crippen molar-refractivity contribution in [2.45, 2.75) is 44.4 Å². The van der Waals surface area contributed by atoms with Crippen molar-refractivity contribution in [2.24, 2.45) is 0 Å². The number of rotatable bonds is 6. The summed E-state index contributed by atoms with van der Waals surface area (Å²) < 4.78 is 11.0. The molecule has 3 rings (SSSR count). The molecule has 0 unspecified atom stereocenters. The molecule has 2 atom stereocenters. The van der Waals surface area contributed by atoms with Gasteiger partial charge in [0.15, 0.2) is 0 Å². The van der Waals surface area contributed by atoms with E-state index in [1.165, 1.54) is 12.7 Å². The van der Waals surface area contributed by atoms with Crippen LogP contribution >= 0.6 is 0 Å². The van der Waals surface area contributed by atoms with E-state index in [1.54, 1.807) is 0 Å². The molecular weight excluding hydrogens is 316 g/mol. The van der Waals surface area contributed by atoms with Crippen LogP contribution in [0.5, 0.6) is 0 Å². The molecule has 5 heteroatoms. The van der Waals surface area contributed by atoms with E-state index in [0.717, 1.165) is 58.6 Å². The van der Waals surface area contributed by atoms with Crippen LogP contribution < -0.4 is 0 Å². The first-order chi connectivity index (χ1) is 12.2. The van der Waals surface area contributed by atoms with Crippen molar-refractivity contribution in [1.82, 2.24) is 9.80 Å². The second-order valence-electron chi connectivity index (χ2n) is 7.14. The summed E-state index contributed by atoms with van der Waals surface area (Å²) in [4.78, 5) is 16.6. The van der Waals surface area contributed by atoms with Crippen LogP contribution in [0.1, 0.15) is 31.2 Å². The molecule has 0 radical (unpaired) electrons. The molecule has 0 spiro atoms. The van der Waals surface area contributed by atoms with Crippen molar-refractivity contribution in [3.63, 3.8) is 0 Å². The molecule has 2 aliphatic rings. The summed E-state index contributed by atoms with van der Waals surface area (Å²) in [5.41, 5.74) is 1.35. The highest BCUT2D eigenvalue weighted by Gasteiger charge is 2.30. The molecule has 0 bridgehead atoms. The third-order valence-corrected chi connectivity index (χ3v) is 5.25. The predicted octanol–water partition coefficient (Wildman–Crippen LogP) is 2.30. The number of benzene rings is 1. The molecule has 2 saturated heterocycles. The van der Waals surface area contributed by atoms with Gasteiger partial charge < -0.3 is 9.47 Å². The molecule has 138 valence electrons. The van der Waals surface area contributed by atoms with E-state index >= 15 is 0 Å². The molecule has 1 aromatic carbocycles. The average molecular weight is 346 g/mol. The standard InChI is InChI=1S/C20H30N2O3/c1-24-20(23)13-18-9-5-11-22(18)16-19-15-21(10-6-12-25-19)14-17-7-3-2-4-8-17/h2-4,7-8,18-19H,5-6,9-16H2,1H3/t18-,19-/m0/s1. The number of esters is 1. The van der Waals surface area contributed by atoms with Crippen molar-refractivity contribution in [3.8, 4) is 0 Å². The number of hydrogen-bond acceptors (Lipinski definition) is 5. The molecule has 1 aromatic rings. The molecule has 0 saturated carbocycles. The summed E-state index contributed by atoms with van der Waals surface area (Å²) in [6, 6.07) is 10.9. The Hall–Kier alpha value is -1.43. The fraction of sp³-hybridized carbons (Fsp3) is 0.650. The predicted molar refractivity (Wildman–Crippen MR) is 97.3 cm³/mol. The summed E-state index contributed by atoms with van der Waals surface area (Å²) in [6.45, 7) is 5.80. The zero-order chi connectivity index (χ0) is 17.5. The van der Waals surface area contributed by atoms with Gasteiger partial charge in [0.25, 0.3) is 0 Å². The molecule has 2 aliphatic heterocycles. The van der Waals surface area contributed by atoms with E-state index in [9.17, 15) is 4.79 Å². The molecule has 25 heavy (non-hydrogen) atoms. The van der Waals surface area contributed by atoms with E-state index in [4.69, 9.17) is 9.47 Å². The van der Waals surface area contributed by atoms with Gasteiger partial charge in [0, 0.05) is 38.8 Å². The zero-order valence-electron chi connectivity index (χ0n) is 15.2. The number of likely N-dealkylation sites (tertiary alicyclic amines) is 1. The smallest absolute Gasteiger partial charge is 0.307 e. The van der Waals surface area contributed by atoms with Crippen molar-refractivity contribution < 1.29 is 14.3 Å². The van der Waals surface area contributed by atoms with E-state index < -0.39 is 0 Å². The number of carbonyl (C=O) groups is 1. The van der Waals surface area contributed by atoms with Crippen LogP contribution in [-0.2, 0) is 20.8 Å². The molecule has 2 heterocycles. The fourth-order valence-corrected chi connectivity index (χ4v) is 3.97. The zero-order valence-corrected chi connectivity index (χ0v) is 15.2. The third-order valence-electron chi connectivity index (χ3n) is 5.25. The Labute approximate surface area is 150 Å². The molecule has 5 nitrogen and oxygen atoms in total. The minimum Gasteiger partial charge on any atom is -0.469 e. The molecule has 0 amide bonds. The van der Waals surface area contributed by atoms with Crippen LogP contribution in [-0.4, -0.2) is 67.8 Å². The normalized spacial score (nSPS) is 25.6. The highest BCUT2D eigenvalue weighted by molar-refractivity contribution is 5.69. The minimum absolute atomic E-state index is 0.107. The van der Waals surface area contributed by atoms with Crippen molar-refractivity contribution in [2.75, 3.05) is 39.9 Å². The average Bonchev–Trinajstić information content (AvgIpc) is 2.93. The SMILES string of the molecule is COC(=O)C[C@@H]1CCCN1C[C@@H]1CN(Cc2ccccc2)CCCO1. The number of methoxy groups -OCH3 is 1. The number of hydrogen-bond donors (Lipinski definition) is 0. The van der Waals surface area contributed by atoms with Crippen molar-refractivity contribution in [3.05, 3.63) is 35.9 Å². The van der Waals surface area contributed by atoms with Gasteiger partial charge in [0.05, 0.1) is 19.6 Å². The van der Waals surface area contributed by atoms with Gasteiger partial charge in [0.2, 0.25) is 0 Å². The number of nitrogens with zero attached hydrogens (tertiary/aromatic N) is 2. The van der Waals surface area contributed by atoms with Gasteiger partial charge in [-0.05, 0) is 31.4 Å². The van der Waals surface area contributed by atoms with Gasteiger partial charge in [-0.2, -0.15) is 0 Å². The lowest BCUT2D eigenvalue weighted by Gasteiger charge is -2.30. The van der Waals surface area contributed by atoms with E-state index in [-0.39, 0.29) is 12.1 Å².